The van der Waals surface area contributed by atoms with Gasteiger partial charge in [-0.25, -0.2) is 8.78 Å². The number of alkyl halides is 1. The van der Waals surface area contributed by atoms with Crippen molar-refractivity contribution in [3.63, 3.8) is 0 Å². The Labute approximate surface area is 147 Å². The van der Waals surface area contributed by atoms with Crippen LogP contribution in [0.15, 0.2) is 18.5 Å². The van der Waals surface area contributed by atoms with Crippen LogP contribution >= 0.6 is 23.2 Å². The highest BCUT2D eigenvalue weighted by atomic mass is 35.5. The van der Waals surface area contributed by atoms with Crippen molar-refractivity contribution < 1.29 is 13.6 Å². The Balaban J connectivity index is 1.89. The molecule has 2 heterocycles. The fourth-order valence-corrected chi connectivity index (χ4v) is 3.21. The number of hydrogen-bond donors (Lipinski definition) is 0. The quantitative estimate of drug-likeness (QED) is 0.610. The van der Waals surface area contributed by atoms with Gasteiger partial charge in [0, 0.05) is 18.5 Å². The topological polar surface area (TPSA) is 51.0 Å². The molecule has 0 spiro atoms. The minimum atomic E-state index is -0.857. The molecule has 1 unspecified atom stereocenters. The Hall–Kier alpha value is -1.73. The number of aromatic nitrogens is 3. The summed E-state index contributed by atoms with van der Waals surface area (Å²) in [5, 5.41) is 7.63. The molecule has 2 aromatic rings. The van der Waals surface area contributed by atoms with Gasteiger partial charge in [-0.3, -0.25) is 4.79 Å². The number of fused-ring (bicyclic) bond motifs is 1. The zero-order valence-corrected chi connectivity index (χ0v) is 14.1. The third-order valence-electron chi connectivity index (χ3n) is 4.15. The number of amides is 1. The van der Waals surface area contributed by atoms with Crippen molar-refractivity contribution in [2.45, 2.75) is 32.0 Å². The monoisotopic (exact) mass is 374 g/mol. The van der Waals surface area contributed by atoms with Crippen LogP contribution in [0.5, 0.6) is 0 Å². The predicted octanol–water partition coefficient (Wildman–Crippen LogP) is 2.79. The number of carbonyl (C=O) groups excluding carboxylic acids is 1. The van der Waals surface area contributed by atoms with Gasteiger partial charge in [0.2, 0.25) is 5.91 Å². The number of aryl methyl sites for hydroxylation is 1. The van der Waals surface area contributed by atoms with E-state index in [1.165, 1.54) is 4.90 Å². The normalized spacial score (nSPS) is 16.8. The predicted molar refractivity (Wildman–Crippen MR) is 84.8 cm³/mol. The van der Waals surface area contributed by atoms with E-state index < -0.39 is 17.5 Å². The highest BCUT2D eigenvalue weighted by Crippen LogP contribution is 2.25. The van der Waals surface area contributed by atoms with Crippen LogP contribution in [-0.4, -0.2) is 37.5 Å². The maximum Gasteiger partial charge on any atom is 0.238 e. The van der Waals surface area contributed by atoms with E-state index in [4.69, 9.17) is 23.2 Å². The summed E-state index contributed by atoms with van der Waals surface area (Å²) in [5.74, 6) is -1.44. The molecule has 24 heavy (non-hydrogen) atoms. The molecular formula is C15H14Cl2F2N4O. The van der Waals surface area contributed by atoms with Crippen molar-refractivity contribution in [1.82, 2.24) is 19.7 Å². The van der Waals surface area contributed by atoms with Crippen LogP contribution in [0.4, 0.5) is 8.78 Å². The van der Waals surface area contributed by atoms with Crippen molar-refractivity contribution in [3.05, 3.63) is 46.5 Å². The maximum atomic E-state index is 14.2. The Morgan fingerprint density at radius 3 is 2.96 bits per heavy atom. The zero-order chi connectivity index (χ0) is 17.3. The minimum Gasteiger partial charge on any atom is -0.332 e. The van der Waals surface area contributed by atoms with E-state index in [1.807, 2.05) is 4.57 Å². The van der Waals surface area contributed by atoms with E-state index in [1.54, 1.807) is 6.33 Å². The number of rotatable bonds is 4. The molecule has 1 aliphatic heterocycles. The summed E-state index contributed by atoms with van der Waals surface area (Å²) >= 11 is 11.4. The van der Waals surface area contributed by atoms with Gasteiger partial charge in [-0.2, -0.15) is 0 Å². The standard InChI is InChI=1S/C15H14Cl2F2N4O/c16-5-14(24)23(7-10-12(18)3-2-11(17)15(10)19)9-1-4-13-21-20-8-22(13)6-9/h2-3,8-9H,1,4-7H2. The minimum absolute atomic E-state index is 0.186. The zero-order valence-electron chi connectivity index (χ0n) is 12.6. The summed E-state index contributed by atoms with van der Waals surface area (Å²) in [6.07, 6.45) is 2.81. The summed E-state index contributed by atoms with van der Waals surface area (Å²) in [7, 11) is 0. The van der Waals surface area contributed by atoms with Crippen LogP contribution in [0, 0.1) is 11.6 Å². The second-order valence-electron chi connectivity index (χ2n) is 5.57. The first-order chi connectivity index (χ1) is 11.5. The molecule has 128 valence electrons. The Kier molecular flexibility index (Phi) is 5.01. The van der Waals surface area contributed by atoms with Crippen molar-refractivity contribution in [2.75, 3.05) is 5.88 Å². The van der Waals surface area contributed by atoms with Crippen LogP contribution in [0.25, 0.3) is 0 Å². The van der Waals surface area contributed by atoms with Crippen molar-refractivity contribution >= 4 is 29.1 Å². The second kappa shape index (κ2) is 7.03. The molecule has 0 saturated carbocycles. The third-order valence-corrected chi connectivity index (χ3v) is 4.67. The van der Waals surface area contributed by atoms with Crippen LogP contribution in [0.1, 0.15) is 17.8 Å². The lowest BCUT2D eigenvalue weighted by atomic mass is 10.0. The van der Waals surface area contributed by atoms with Gasteiger partial charge >= 0.3 is 0 Å². The molecule has 9 heteroatoms. The van der Waals surface area contributed by atoms with E-state index in [0.29, 0.717) is 19.4 Å². The number of halogens is 4. The lowest BCUT2D eigenvalue weighted by Crippen LogP contribution is -2.45. The average Bonchev–Trinajstić information content (AvgIpc) is 3.05. The number of carbonyl (C=O) groups is 1. The summed E-state index contributed by atoms with van der Waals surface area (Å²) < 4.78 is 30.0. The first kappa shape index (κ1) is 17.1. The van der Waals surface area contributed by atoms with Gasteiger partial charge in [0.25, 0.3) is 0 Å². The molecule has 0 bridgehead atoms. The molecule has 1 amide bonds. The molecule has 3 rings (SSSR count). The van der Waals surface area contributed by atoms with Gasteiger partial charge in [-0.15, -0.1) is 21.8 Å². The van der Waals surface area contributed by atoms with Gasteiger partial charge in [-0.05, 0) is 18.6 Å². The smallest absolute Gasteiger partial charge is 0.238 e. The van der Waals surface area contributed by atoms with Crippen molar-refractivity contribution in [2.24, 2.45) is 0 Å². The van der Waals surface area contributed by atoms with Crippen LogP contribution < -0.4 is 0 Å². The first-order valence-corrected chi connectivity index (χ1v) is 8.27. The number of benzene rings is 1. The lowest BCUT2D eigenvalue weighted by molar-refractivity contribution is -0.132. The highest BCUT2D eigenvalue weighted by molar-refractivity contribution is 6.30. The molecule has 1 aromatic carbocycles. The van der Waals surface area contributed by atoms with Gasteiger partial charge in [0.15, 0.2) is 0 Å². The summed E-state index contributed by atoms with van der Waals surface area (Å²) in [6, 6.07) is 1.98. The Bertz CT molecular complexity index is 768. The van der Waals surface area contributed by atoms with Crippen LogP contribution in [-0.2, 0) is 24.3 Å². The molecule has 0 fully saturated rings. The van der Waals surface area contributed by atoms with E-state index in [-0.39, 0.29) is 29.1 Å². The van der Waals surface area contributed by atoms with E-state index in [2.05, 4.69) is 10.2 Å². The van der Waals surface area contributed by atoms with Gasteiger partial charge in [0.1, 0.15) is 29.7 Å². The average molecular weight is 375 g/mol. The first-order valence-electron chi connectivity index (χ1n) is 7.35. The lowest BCUT2D eigenvalue weighted by Gasteiger charge is -2.34. The Morgan fingerprint density at radius 2 is 2.21 bits per heavy atom. The van der Waals surface area contributed by atoms with E-state index in [9.17, 15) is 13.6 Å². The molecule has 1 aromatic heterocycles. The SMILES string of the molecule is O=C(CCl)N(Cc1c(F)ccc(Cl)c1F)C1CCc2nncn2C1. The highest BCUT2D eigenvalue weighted by Gasteiger charge is 2.29. The molecule has 0 radical (unpaired) electrons. The Morgan fingerprint density at radius 1 is 1.42 bits per heavy atom. The molecule has 0 saturated heterocycles. The van der Waals surface area contributed by atoms with Gasteiger partial charge in [0.05, 0.1) is 17.6 Å². The number of nitrogens with zero attached hydrogens (tertiary/aromatic N) is 4. The molecule has 0 aliphatic carbocycles. The summed E-state index contributed by atoms with van der Waals surface area (Å²) in [4.78, 5) is 13.6. The molecule has 0 N–H and O–H groups in total. The van der Waals surface area contributed by atoms with Gasteiger partial charge in [-0.1, -0.05) is 11.6 Å². The summed E-state index contributed by atoms with van der Waals surface area (Å²) in [5.41, 5.74) is -0.240. The fourth-order valence-electron chi connectivity index (χ4n) is 2.88. The fraction of sp³-hybridized carbons (Fsp3) is 0.400. The van der Waals surface area contributed by atoms with E-state index >= 15 is 0 Å². The maximum absolute atomic E-state index is 14.2. The molecule has 1 aliphatic rings. The van der Waals surface area contributed by atoms with Gasteiger partial charge < -0.3 is 9.47 Å². The molecule has 1 atom stereocenters. The van der Waals surface area contributed by atoms with Crippen molar-refractivity contribution in [3.8, 4) is 0 Å². The number of hydrogen-bond acceptors (Lipinski definition) is 3. The second-order valence-corrected chi connectivity index (χ2v) is 6.24. The summed E-state index contributed by atoms with van der Waals surface area (Å²) in [6.45, 7) is 0.223. The molecule has 5 nitrogen and oxygen atoms in total. The third kappa shape index (κ3) is 3.23. The van der Waals surface area contributed by atoms with Crippen LogP contribution in [0.2, 0.25) is 5.02 Å². The van der Waals surface area contributed by atoms with E-state index in [0.717, 1.165) is 18.0 Å². The van der Waals surface area contributed by atoms with Crippen LogP contribution in [0.3, 0.4) is 0 Å². The largest absolute Gasteiger partial charge is 0.332 e. The van der Waals surface area contributed by atoms with Crippen molar-refractivity contribution in [1.29, 1.82) is 0 Å². The molecular weight excluding hydrogens is 361 g/mol.